The molecule has 4 heteroatoms. The molecule has 0 aromatic heterocycles. The summed E-state index contributed by atoms with van der Waals surface area (Å²) >= 11 is 4.70. The molecule has 52 valence electrons. The smallest absolute Gasteiger partial charge is 0.166 e. The Morgan fingerprint density at radius 3 is 2.67 bits per heavy atom. The minimum atomic E-state index is -0.230. The fourth-order valence-electron chi connectivity index (χ4n) is 0.942. The van der Waals surface area contributed by atoms with Crippen molar-refractivity contribution in [3.05, 3.63) is 0 Å². The van der Waals surface area contributed by atoms with E-state index < -0.39 is 0 Å². The Morgan fingerprint density at radius 1 is 1.78 bits per heavy atom. The van der Waals surface area contributed by atoms with Gasteiger partial charge in [-0.15, -0.1) is 0 Å². The van der Waals surface area contributed by atoms with Crippen LogP contribution in [0, 0.1) is 0 Å². The molecule has 1 rings (SSSR count). The van der Waals surface area contributed by atoms with Crippen molar-refractivity contribution in [3.8, 4) is 0 Å². The molecule has 3 N–H and O–H groups in total. The molecule has 1 heterocycles. The van der Waals surface area contributed by atoms with Gasteiger partial charge in [-0.3, -0.25) is 0 Å². The number of thiocarbonyl (C=S) groups is 1. The van der Waals surface area contributed by atoms with E-state index in [4.69, 9.17) is 23.1 Å². The number of rotatable bonds is 0. The number of β-amino-alcohol motifs (C(OH)–C–C–N with tert-alkyl or cyclic N) is 1. The zero-order valence-corrected chi connectivity index (χ0v) is 5.90. The molecular formula is C5H10N2OS. The van der Waals surface area contributed by atoms with Crippen LogP contribution in [0.2, 0.25) is 0 Å². The molecular weight excluding hydrogens is 136 g/mol. The summed E-state index contributed by atoms with van der Waals surface area (Å²) in [5.74, 6) is 0. The van der Waals surface area contributed by atoms with E-state index in [1.54, 1.807) is 4.90 Å². The quantitative estimate of drug-likeness (QED) is 0.444. The standard InChI is InChI=1S/C5H10N2OS/c6-5(9)7-2-1-4(8)3-7/h4,8H,1-3H2,(H2,6,9)/t4-/m1/s1. The van der Waals surface area contributed by atoms with Crippen LogP contribution in [-0.2, 0) is 0 Å². The summed E-state index contributed by atoms with van der Waals surface area (Å²) in [7, 11) is 0. The van der Waals surface area contributed by atoms with E-state index in [0.717, 1.165) is 13.0 Å². The lowest BCUT2D eigenvalue weighted by atomic mass is 10.3. The van der Waals surface area contributed by atoms with E-state index in [9.17, 15) is 0 Å². The summed E-state index contributed by atoms with van der Waals surface area (Å²) in [4.78, 5) is 1.81. The van der Waals surface area contributed by atoms with Crippen LogP contribution in [0.25, 0.3) is 0 Å². The van der Waals surface area contributed by atoms with Crippen LogP contribution in [0.15, 0.2) is 0 Å². The van der Waals surface area contributed by atoms with E-state index >= 15 is 0 Å². The van der Waals surface area contributed by atoms with Crippen molar-refractivity contribution >= 4 is 17.3 Å². The molecule has 0 aromatic rings. The zero-order valence-electron chi connectivity index (χ0n) is 5.08. The van der Waals surface area contributed by atoms with E-state index in [1.165, 1.54) is 0 Å². The second-order valence-electron chi connectivity index (χ2n) is 2.23. The van der Waals surface area contributed by atoms with Gasteiger partial charge in [-0.05, 0) is 18.6 Å². The second-order valence-corrected chi connectivity index (χ2v) is 2.65. The topological polar surface area (TPSA) is 49.5 Å². The molecule has 0 radical (unpaired) electrons. The second kappa shape index (κ2) is 2.49. The fourth-order valence-corrected chi connectivity index (χ4v) is 1.11. The third kappa shape index (κ3) is 1.53. The average Bonchev–Trinajstić information content (AvgIpc) is 2.14. The lowest BCUT2D eigenvalue weighted by Crippen LogP contribution is -2.33. The zero-order chi connectivity index (χ0) is 6.85. The molecule has 0 aliphatic carbocycles. The molecule has 0 saturated carbocycles. The number of nitrogens with zero attached hydrogens (tertiary/aromatic N) is 1. The van der Waals surface area contributed by atoms with Gasteiger partial charge in [0.15, 0.2) is 5.11 Å². The fraction of sp³-hybridized carbons (Fsp3) is 0.800. The Kier molecular flexibility index (Phi) is 1.87. The Morgan fingerprint density at radius 2 is 2.44 bits per heavy atom. The maximum Gasteiger partial charge on any atom is 0.166 e. The highest BCUT2D eigenvalue weighted by atomic mass is 32.1. The van der Waals surface area contributed by atoms with Crippen molar-refractivity contribution < 1.29 is 5.11 Å². The summed E-state index contributed by atoms with van der Waals surface area (Å²) in [5, 5.41) is 9.39. The number of aliphatic hydroxyl groups is 1. The highest BCUT2D eigenvalue weighted by molar-refractivity contribution is 7.80. The van der Waals surface area contributed by atoms with E-state index in [0.29, 0.717) is 11.7 Å². The first-order valence-electron chi connectivity index (χ1n) is 2.92. The van der Waals surface area contributed by atoms with Crippen molar-refractivity contribution in [2.45, 2.75) is 12.5 Å². The lowest BCUT2D eigenvalue weighted by molar-refractivity contribution is 0.188. The van der Waals surface area contributed by atoms with Crippen molar-refractivity contribution in [3.63, 3.8) is 0 Å². The summed E-state index contributed by atoms with van der Waals surface area (Å²) < 4.78 is 0. The van der Waals surface area contributed by atoms with Crippen molar-refractivity contribution in [2.24, 2.45) is 5.73 Å². The third-order valence-electron chi connectivity index (χ3n) is 1.48. The molecule has 1 fully saturated rings. The molecule has 1 aliphatic rings. The monoisotopic (exact) mass is 146 g/mol. The first-order chi connectivity index (χ1) is 4.20. The van der Waals surface area contributed by atoms with Gasteiger partial charge < -0.3 is 15.7 Å². The van der Waals surface area contributed by atoms with Gasteiger partial charge in [-0.2, -0.15) is 0 Å². The van der Waals surface area contributed by atoms with Crippen molar-refractivity contribution in [1.82, 2.24) is 4.90 Å². The van der Waals surface area contributed by atoms with Crippen LogP contribution in [-0.4, -0.2) is 34.3 Å². The molecule has 3 nitrogen and oxygen atoms in total. The molecule has 0 aromatic carbocycles. The van der Waals surface area contributed by atoms with Gasteiger partial charge in [0.05, 0.1) is 6.10 Å². The van der Waals surface area contributed by atoms with Gasteiger partial charge in [0.25, 0.3) is 0 Å². The normalized spacial score (nSPS) is 26.8. The number of nitrogens with two attached hydrogens (primary N) is 1. The molecule has 0 unspecified atom stereocenters. The van der Waals surface area contributed by atoms with Crippen LogP contribution in [0.1, 0.15) is 6.42 Å². The van der Waals surface area contributed by atoms with Gasteiger partial charge in [-0.1, -0.05) is 0 Å². The van der Waals surface area contributed by atoms with Crippen LogP contribution in [0.4, 0.5) is 0 Å². The van der Waals surface area contributed by atoms with E-state index in [2.05, 4.69) is 0 Å². The average molecular weight is 146 g/mol. The Balaban J connectivity index is 2.39. The first-order valence-corrected chi connectivity index (χ1v) is 3.33. The van der Waals surface area contributed by atoms with Gasteiger partial charge in [0.2, 0.25) is 0 Å². The predicted octanol–water partition coefficient (Wildman–Crippen LogP) is -0.703. The number of likely N-dealkylation sites (tertiary alicyclic amines) is 1. The van der Waals surface area contributed by atoms with Crippen molar-refractivity contribution in [1.29, 1.82) is 0 Å². The van der Waals surface area contributed by atoms with Crippen LogP contribution in [0.3, 0.4) is 0 Å². The number of hydrogen-bond acceptors (Lipinski definition) is 2. The van der Waals surface area contributed by atoms with E-state index in [-0.39, 0.29) is 6.10 Å². The molecule has 0 amide bonds. The third-order valence-corrected chi connectivity index (χ3v) is 1.73. The molecule has 1 atom stereocenters. The lowest BCUT2D eigenvalue weighted by Gasteiger charge is -2.13. The highest BCUT2D eigenvalue weighted by Gasteiger charge is 2.19. The number of aliphatic hydroxyl groups excluding tert-OH is 1. The molecule has 0 bridgehead atoms. The van der Waals surface area contributed by atoms with E-state index in [1.807, 2.05) is 0 Å². The Labute approximate surface area is 59.4 Å². The minimum absolute atomic E-state index is 0.230. The maximum absolute atomic E-state index is 8.99. The SMILES string of the molecule is NC(=S)N1CC[C@@H](O)C1. The summed E-state index contributed by atoms with van der Waals surface area (Å²) in [6, 6.07) is 0. The van der Waals surface area contributed by atoms with Gasteiger partial charge >= 0.3 is 0 Å². The van der Waals surface area contributed by atoms with Crippen LogP contribution < -0.4 is 5.73 Å². The Hall–Kier alpha value is -0.350. The molecule has 0 spiro atoms. The van der Waals surface area contributed by atoms with Crippen molar-refractivity contribution in [2.75, 3.05) is 13.1 Å². The van der Waals surface area contributed by atoms with Gasteiger partial charge in [0.1, 0.15) is 0 Å². The van der Waals surface area contributed by atoms with Gasteiger partial charge in [0, 0.05) is 13.1 Å². The summed E-state index contributed by atoms with van der Waals surface area (Å²) in [5.41, 5.74) is 5.31. The molecule has 1 aliphatic heterocycles. The first kappa shape index (κ1) is 6.77. The Bertz CT molecular complexity index is 128. The molecule has 1 saturated heterocycles. The van der Waals surface area contributed by atoms with Crippen LogP contribution in [0.5, 0.6) is 0 Å². The maximum atomic E-state index is 8.99. The minimum Gasteiger partial charge on any atom is -0.391 e. The summed E-state index contributed by atoms with van der Waals surface area (Å²) in [6.07, 6.45) is 0.559. The predicted molar refractivity (Wildman–Crippen MR) is 39.0 cm³/mol. The number of hydrogen-bond donors (Lipinski definition) is 2. The summed E-state index contributed by atoms with van der Waals surface area (Å²) in [6.45, 7) is 1.41. The highest BCUT2D eigenvalue weighted by Crippen LogP contribution is 2.07. The largest absolute Gasteiger partial charge is 0.391 e. The molecule has 9 heavy (non-hydrogen) atoms. The van der Waals surface area contributed by atoms with Crippen LogP contribution >= 0.6 is 12.2 Å². The van der Waals surface area contributed by atoms with Gasteiger partial charge in [-0.25, -0.2) is 0 Å².